The second-order valence-electron chi connectivity index (χ2n) is 6.24. The second kappa shape index (κ2) is 6.07. The van der Waals surface area contributed by atoms with Crippen LogP contribution >= 0.6 is 0 Å². The average Bonchev–Trinajstić information content (AvgIpc) is 3.14. The maximum atomic E-state index is 2.00. The van der Waals surface area contributed by atoms with E-state index < -0.39 is 0 Å². The summed E-state index contributed by atoms with van der Waals surface area (Å²) in [6.45, 7) is 4.00. The molecule has 0 aromatic heterocycles. The van der Waals surface area contributed by atoms with Gasteiger partial charge in [0.2, 0.25) is 0 Å². The smallest absolute Gasteiger partial charge is 0.0411 e. The Balaban J connectivity index is 0.000000105. The minimum Gasteiger partial charge on any atom is -0.0683 e. The van der Waals surface area contributed by atoms with Gasteiger partial charge in [-0.25, -0.2) is 0 Å². The van der Waals surface area contributed by atoms with E-state index in [2.05, 4.69) is 0 Å². The Labute approximate surface area is 102 Å². The fraction of sp³-hybridized carbons (Fsp3) is 1.00. The molecular formula is C16H30. The summed E-state index contributed by atoms with van der Waals surface area (Å²) in [6, 6.07) is 0. The number of fused-ring (bicyclic) bond motifs is 4. The van der Waals surface area contributed by atoms with Gasteiger partial charge < -0.3 is 0 Å². The molecule has 4 aliphatic rings. The van der Waals surface area contributed by atoms with Crippen molar-refractivity contribution in [1.29, 1.82) is 0 Å². The van der Waals surface area contributed by atoms with Crippen LogP contribution in [0.2, 0.25) is 0 Å². The van der Waals surface area contributed by atoms with Crippen LogP contribution in [0.3, 0.4) is 0 Å². The lowest BCUT2D eigenvalue weighted by Crippen LogP contribution is -1.90. The van der Waals surface area contributed by atoms with Crippen LogP contribution in [0, 0.1) is 23.7 Å². The van der Waals surface area contributed by atoms with Crippen molar-refractivity contribution in [3.8, 4) is 0 Å². The first-order chi connectivity index (χ1) is 7.90. The molecule has 0 aliphatic heterocycles. The van der Waals surface area contributed by atoms with Gasteiger partial charge in [0.05, 0.1) is 0 Å². The summed E-state index contributed by atoms with van der Waals surface area (Å²) in [6.07, 6.45) is 15.6. The molecule has 0 N–H and O–H groups in total. The molecule has 0 nitrogen and oxygen atoms in total. The molecule has 16 heavy (non-hydrogen) atoms. The molecule has 0 heteroatoms. The highest BCUT2D eigenvalue weighted by molar-refractivity contribution is 4.83. The van der Waals surface area contributed by atoms with Gasteiger partial charge >= 0.3 is 0 Å². The molecule has 4 fully saturated rings. The largest absolute Gasteiger partial charge is 0.0683 e. The molecular weight excluding hydrogens is 192 g/mol. The Morgan fingerprint density at radius 3 is 0.688 bits per heavy atom. The maximum absolute atomic E-state index is 2.00. The van der Waals surface area contributed by atoms with Crippen molar-refractivity contribution >= 4 is 0 Å². The van der Waals surface area contributed by atoms with Crippen molar-refractivity contribution in [2.75, 3.05) is 0 Å². The molecule has 0 aromatic carbocycles. The van der Waals surface area contributed by atoms with Crippen LogP contribution in [0.15, 0.2) is 0 Å². The zero-order chi connectivity index (χ0) is 11.4. The van der Waals surface area contributed by atoms with Crippen molar-refractivity contribution in [3.05, 3.63) is 0 Å². The molecule has 0 radical (unpaired) electrons. The minimum absolute atomic E-state index is 1.17. The third kappa shape index (κ3) is 3.02. The van der Waals surface area contributed by atoms with E-state index in [-0.39, 0.29) is 0 Å². The Morgan fingerprint density at radius 1 is 0.438 bits per heavy atom. The van der Waals surface area contributed by atoms with Crippen molar-refractivity contribution in [1.82, 2.24) is 0 Å². The zero-order valence-electron chi connectivity index (χ0n) is 11.4. The normalized spacial score (nSPS) is 42.4. The van der Waals surface area contributed by atoms with Gasteiger partial charge in [0.15, 0.2) is 0 Å². The van der Waals surface area contributed by atoms with E-state index in [9.17, 15) is 0 Å². The molecule has 4 aliphatic carbocycles. The lowest BCUT2D eigenvalue weighted by atomic mass is 10.0. The van der Waals surface area contributed by atoms with Gasteiger partial charge in [0, 0.05) is 0 Å². The lowest BCUT2D eigenvalue weighted by Gasteiger charge is -2.05. The Hall–Kier alpha value is 0. The van der Waals surface area contributed by atoms with Gasteiger partial charge in [-0.3, -0.25) is 0 Å². The van der Waals surface area contributed by atoms with Gasteiger partial charge in [-0.2, -0.15) is 0 Å². The Kier molecular flexibility index (Phi) is 4.73. The highest BCUT2D eigenvalue weighted by atomic mass is 14.4. The number of rotatable bonds is 0. The maximum Gasteiger partial charge on any atom is -0.0411 e. The van der Waals surface area contributed by atoms with Crippen LogP contribution in [0.1, 0.15) is 78.1 Å². The summed E-state index contributed by atoms with van der Waals surface area (Å²) < 4.78 is 0. The van der Waals surface area contributed by atoms with Gasteiger partial charge in [-0.15, -0.1) is 0 Å². The molecule has 4 rings (SSSR count). The monoisotopic (exact) mass is 222 g/mol. The molecule has 4 saturated carbocycles. The van der Waals surface area contributed by atoms with Crippen molar-refractivity contribution in [2.24, 2.45) is 23.7 Å². The minimum atomic E-state index is 1.17. The summed E-state index contributed by atoms with van der Waals surface area (Å²) >= 11 is 0. The van der Waals surface area contributed by atoms with E-state index in [1.54, 1.807) is 64.2 Å². The van der Waals surface area contributed by atoms with Crippen LogP contribution in [0.25, 0.3) is 0 Å². The van der Waals surface area contributed by atoms with Crippen LogP contribution in [-0.2, 0) is 0 Å². The zero-order valence-corrected chi connectivity index (χ0v) is 11.4. The van der Waals surface area contributed by atoms with Crippen LogP contribution < -0.4 is 0 Å². The fourth-order valence-corrected chi connectivity index (χ4v) is 4.35. The van der Waals surface area contributed by atoms with E-state index in [1.165, 1.54) is 23.7 Å². The van der Waals surface area contributed by atoms with E-state index in [1.807, 2.05) is 13.8 Å². The molecule has 0 saturated heterocycles. The summed E-state index contributed by atoms with van der Waals surface area (Å²) in [5, 5.41) is 0. The molecule has 0 aromatic rings. The molecule has 94 valence electrons. The number of hydrogen-bond acceptors (Lipinski definition) is 0. The topological polar surface area (TPSA) is 0 Å². The van der Waals surface area contributed by atoms with Gasteiger partial charge in [-0.1, -0.05) is 65.2 Å². The van der Waals surface area contributed by atoms with Gasteiger partial charge in [-0.05, 0) is 36.5 Å². The Morgan fingerprint density at radius 2 is 0.625 bits per heavy atom. The van der Waals surface area contributed by atoms with Crippen LogP contribution in [0.5, 0.6) is 0 Å². The molecule has 0 amide bonds. The predicted octanol–water partition coefficient (Wildman–Crippen LogP) is 5.42. The summed E-state index contributed by atoms with van der Waals surface area (Å²) in [7, 11) is 0. The molecule has 0 atom stereocenters. The molecule has 0 spiro atoms. The van der Waals surface area contributed by atoms with Crippen molar-refractivity contribution < 1.29 is 0 Å². The van der Waals surface area contributed by atoms with Crippen LogP contribution in [-0.4, -0.2) is 0 Å². The van der Waals surface area contributed by atoms with E-state index >= 15 is 0 Å². The second-order valence-corrected chi connectivity index (χ2v) is 6.24. The first kappa shape index (κ1) is 12.5. The highest BCUT2D eigenvalue weighted by Crippen LogP contribution is 2.44. The van der Waals surface area contributed by atoms with Gasteiger partial charge in [0.1, 0.15) is 0 Å². The quantitative estimate of drug-likeness (QED) is 0.513. The first-order valence-electron chi connectivity index (χ1n) is 7.90. The SMILES string of the molecule is C1CC2CCC1C2.C1CC2CCC1C2.CC. The average molecular weight is 222 g/mol. The Bertz CT molecular complexity index is 138. The molecule has 0 unspecified atom stereocenters. The molecule has 4 bridgehead atoms. The van der Waals surface area contributed by atoms with E-state index in [4.69, 9.17) is 0 Å². The number of hydrogen-bond donors (Lipinski definition) is 0. The van der Waals surface area contributed by atoms with Gasteiger partial charge in [0.25, 0.3) is 0 Å². The standard InChI is InChI=1S/2C7H12.C2H6/c2*1-2-7-4-3-6(1)5-7;1-2/h2*6-7H,1-5H2;1-2H3. The third-order valence-electron chi connectivity index (χ3n) is 5.27. The predicted molar refractivity (Wildman–Crippen MR) is 71.5 cm³/mol. The summed E-state index contributed by atoms with van der Waals surface area (Å²) in [5.74, 6) is 4.69. The summed E-state index contributed by atoms with van der Waals surface area (Å²) in [4.78, 5) is 0. The first-order valence-corrected chi connectivity index (χ1v) is 7.90. The van der Waals surface area contributed by atoms with E-state index in [0.29, 0.717) is 0 Å². The fourth-order valence-electron chi connectivity index (χ4n) is 4.35. The lowest BCUT2D eigenvalue weighted by molar-refractivity contribution is 0.480. The van der Waals surface area contributed by atoms with Crippen LogP contribution in [0.4, 0.5) is 0 Å². The summed E-state index contributed by atoms with van der Waals surface area (Å²) in [5.41, 5.74) is 0. The van der Waals surface area contributed by atoms with Crippen molar-refractivity contribution in [2.45, 2.75) is 78.1 Å². The highest BCUT2D eigenvalue weighted by Gasteiger charge is 2.31. The third-order valence-corrected chi connectivity index (χ3v) is 5.27. The molecule has 0 heterocycles. The van der Waals surface area contributed by atoms with E-state index in [0.717, 1.165) is 0 Å². The van der Waals surface area contributed by atoms with Crippen molar-refractivity contribution in [3.63, 3.8) is 0 Å².